The average Bonchev–Trinajstić information content (AvgIpc) is 3.25. The highest BCUT2D eigenvalue weighted by Crippen LogP contribution is 2.37. The third kappa shape index (κ3) is 5.26. The quantitative estimate of drug-likeness (QED) is 0.477. The molecule has 2 bridgehead atoms. The summed E-state index contributed by atoms with van der Waals surface area (Å²) in [7, 11) is 0. The van der Waals surface area contributed by atoms with Gasteiger partial charge in [-0.15, -0.1) is 0 Å². The number of carbonyl (C=O) groups is 1. The van der Waals surface area contributed by atoms with Crippen molar-refractivity contribution in [1.29, 1.82) is 0 Å². The summed E-state index contributed by atoms with van der Waals surface area (Å²) in [5.41, 5.74) is 6.99. The molecule has 0 amide bonds. The van der Waals surface area contributed by atoms with Crippen LogP contribution in [0.15, 0.2) is 24.4 Å². The standard InChI is InChI=1S/C25H37N7O2/c1-15-10-22(31-30-15)28-21-13-20-19(6-5-9-26-20)24(29-21)27-16-11-17-7-8-18(12-16)32(17)14-23(33)34-25(2,3)4/h5-6,9,13,15-18,22,30-31H,7-8,10-12,14H2,1-4H3,(H2,27,28,29)/t15?,16?,17-,18+,22?. The molecule has 0 spiro atoms. The number of hydrogen-bond acceptors (Lipinski definition) is 9. The molecule has 0 aliphatic carbocycles. The first kappa shape index (κ1) is 23.3. The number of aromatic nitrogens is 2. The fraction of sp³-hybridized carbons (Fsp3) is 0.640. The number of ether oxygens (including phenoxy) is 1. The van der Waals surface area contributed by atoms with Gasteiger partial charge in [0.05, 0.1) is 18.2 Å². The van der Waals surface area contributed by atoms with Crippen LogP contribution in [-0.4, -0.2) is 63.3 Å². The third-order valence-corrected chi connectivity index (χ3v) is 6.97. The number of carbonyl (C=O) groups excluding carboxylic acids is 1. The van der Waals surface area contributed by atoms with Crippen molar-refractivity contribution < 1.29 is 9.53 Å². The van der Waals surface area contributed by atoms with Gasteiger partial charge in [-0.2, -0.15) is 0 Å². The number of nitrogens with zero attached hydrogens (tertiary/aromatic N) is 3. The molecule has 3 aliphatic rings. The topological polar surface area (TPSA) is 103 Å². The lowest BCUT2D eigenvalue weighted by Crippen LogP contribution is -2.49. The minimum absolute atomic E-state index is 0.127. The van der Waals surface area contributed by atoms with Crippen LogP contribution in [0.3, 0.4) is 0 Å². The Hall–Kier alpha value is -2.49. The van der Waals surface area contributed by atoms with Crippen LogP contribution in [-0.2, 0) is 9.53 Å². The third-order valence-electron chi connectivity index (χ3n) is 6.97. The van der Waals surface area contributed by atoms with E-state index in [1.165, 1.54) is 0 Å². The van der Waals surface area contributed by atoms with Crippen molar-refractivity contribution in [1.82, 2.24) is 25.7 Å². The van der Waals surface area contributed by atoms with E-state index in [4.69, 9.17) is 9.72 Å². The molecule has 2 aromatic heterocycles. The molecule has 34 heavy (non-hydrogen) atoms. The fourth-order valence-electron chi connectivity index (χ4n) is 5.61. The molecule has 5 rings (SSSR count). The number of esters is 1. The van der Waals surface area contributed by atoms with E-state index in [9.17, 15) is 4.79 Å². The van der Waals surface area contributed by atoms with Crippen molar-refractivity contribution in [2.45, 2.75) is 95.7 Å². The number of fused-ring (bicyclic) bond motifs is 3. The first-order valence-electron chi connectivity index (χ1n) is 12.5. The highest BCUT2D eigenvalue weighted by molar-refractivity contribution is 5.91. The molecule has 9 heteroatoms. The van der Waals surface area contributed by atoms with Gasteiger partial charge in [0, 0.05) is 41.8 Å². The molecule has 184 valence electrons. The maximum Gasteiger partial charge on any atom is 0.320 e. The van der Waals surface area contributed by atoms with Gasteiger partial charge in [0.25, 0.3) is 0 Å². The molecule has 4 N–H and O–H groups in total. The van der Waals surface area contributed by atoms with Crippen molar-refractivity contribution in [2.24, 2.45) is 0 Å². The van der Waals surface area contributed by atoms with E-state index < -0.39 is 5.60 Å². The molecular formula is C25H37N7O2. The Morgan fingerprint density at radius 2 is 1.94 bits per heavy atom. The van der Waals surface area contributed by atoms with E-state index in [1.807, 2.05) is 39.1 Å². The van der Waals surface area contributed by atoms with Gasteiger partial charge in [0.1, 0.15) is 17.2 Å². The smallest absolute Gasteiger partial charge is 0.320 e. The van der Waals surface area contributed by atoms with E-state index in [-0.39, 0.29) is 12.1 Å². The van der Waals surface area contributed by atoms with Gasteiger partial charge in [-0.3, -0.25) is 20.1 Å². The summed E-state index contributed by atoms with van der Waals surface area (Å²) >= 11 is 0. The Balaban J connectivity index is 1.29. The first-order chi connectivity index (χ1) is 16.2. The molecule has 5 atom stereocenters. The number of rotatable bonds is 6. The highest BCUT2D eigenvalue weighted by Gasteiger charge is 2.42. The zero-order valence-corrected chi connectivity index (χ0v) is 20.6. The van der Waals surface area contributed by atoms with Crippen LogP contribution in [0.2, 0.25) is 0 Å². The van der Waals surface area contributed by atoms with Gasteiger partial charge in [-0.25, -0.2) is 10.4 Å². The van der Waals surface area contributed by atoms with Gasteiger partial charge < -0.3 is 15.4 Å². The predicted molar refractivity (Wildman–Crippen MR) is 133 cm³/mol. The van der Waals surface area contributed by atoms with Crippen molar-refractivity contribution in [3.05, 3.63) is 24.4 Å². The summed E-state index contributed by atoms with van der Waals surface area (Å²) in [6.07, 6.45) is 7.16. The lowest BCUT2D eigenvalue weighted by Gasteiger charge is -2.39. The van der Waals surface area contributed by atoms with E-state index in [0.29, 0.717) is 30.7 Å². The lowest BCUT2D eigenvalue weighted by atomic mass is 9.97. The molecule has 2 aromatic rings. The molecular weight excluding hydrogens is 430 g/mol. The van der Waals surface area contributed by atoms with Gasteiger partial charge in [0.15, 0.2) is 0 Å². The Labute approximate surface area is 201 Å². The fourth-order valence-corrected chi connectivity index (χ4v) is 5.61. The molecule has 0 aromatic carbocycles. The van der Waals surface area contributed by atoms with E-state index >= 15 is 0 Å². The number of hydrazine groups is 1. The normalized spacial score (nSPS) is 29.4. The van der Waals surface area contributed by atoms with Crippen LogP contribution in [0, 0.1) is 0 Å². The van der Waals surface area contributed by atoms with Crippen LogP contribution < -0.4 is 21.5 Å². The molecule has 0 saturated carbocycles. The Morgan fingerprint density at radius 3 is 2.62 bits per heavy atom. The van der Waals surface area contributed by atoms with Gasteiger partial charge >= 0.3 is 5.97 Å². The molecule has 3 saturated heterocycles. The largest absolute Gasteiger partial charge is 0.459 e. The maximum absolute atomic E-state index is 12.5. The summed E-state index contributed by atoms with van der Waals surface area (Å²) in [5, 5.41) is 8.26. The molecule has 3 aliphatic heterocycles. The maximum atomic E-state index is 12.5. The van der Waals surface area contributed by atoms with Crippen LogP contribution in [0.4, 0.5) is 11.6 Å². The SMILES string of the molecule is CC1CC(Nc2cc3ncccc3c(NC3C[C@H]4CC[C@@H](C3)N4CC(=O)OC(C)(C)C)n2)NN1. The number of hydrogen-bond donors (Lipinski definition) is 4. The van der Waals surface area contributed by atoms with Gasteiger partial charge in [-0.1, -0.05) is 0 Å². The summed E-state index contributed by atoms with van der Waals surface area (Å²) in [4.78, 5) is 24.3. The van der Waals surface area contributed by atoms with Crippen LogP contribution >= 0.6 is 0 Å². The van der Waals surface area contributed by atoms with Gasteiger partial charge in [-0.05, 0) is 71.9 Å². The first-order valence-corrected chi connectivity index (χ1v) is 12.5. The summed E-state index contributed by atoms with van der Waals surface area (Å²) < 4.78 is 5.58. The van der Waals surface area contributed by atoms with Crippen molar-refractivity contribution >= 4 is 28.5 Å². The molecule has 0 radical (unpaired) electrons. The molecule has 3 unspecified atom stereocenters. The molecule has 3 fully saturated rings. The number of nitrogens with one attached hydrogen (secondary N) is 4. The summed E-state index contributed by atoms with van der Waals surface area (Å²) in [6.45, 7) is 8.30. The van der Waals surface area contributed by atoms with Crippen LogP contribution in [0.1, 0.15) is 59.8 Å². The zero-order chi connectivity index (χ0) is 23.9. The summed E-state index contributed by atoms with van der Waals surface area (Å²) in [5.74, 6) is 1.56. The van der Waals surface area contributed by atoms with E-state index in [0.717, 1.165) is 54.6 Å². The van der Waals surface area contributed by atoms with Crippen molar-refractivity contribution in [3.8, 4) is 0 Å². The molecule has 5 heterocycles. The second kappa shape index (κ2) is 9.28. The van der Waals surface area contributed by atoms with Crippen LogP contribution in [0.25, 0.3) is 10.9 Å². The Kier molecular flexibility index (Phi) is 6.35. The van der Waals surface area contributed by atoms with Crippen molar-refractivity contribution in [3.63, 3.8) is 0 Å². The number of anilines is 2. The highest BCUT2D eigenvalue weighted by atomic mass is 16.6. The number of pyridine rings is 2. The van der Waals surface area contributed by atoms with Gasteiger partial charge in [0.2, 0.25) is 0 Å². The average molecular weight is 468 g/mol. The Morgan fingerprint density at radius 1 is 1.18 bits per heavy atom. The van der Waals surface area contributed by atoms with E-state index in [1.54, 1.807) is 0 Å². The molecule has 9 nitrogen and oxygen atoms in total. The Bertz CT molecular complexity index is 1030. The van der Waals surface area contributed by atoms with E-state index in [2.05, 4.69) is 44.4 Å². The zero-order valence-electron chi connectivity index (χ0n) is 20.6. The number of piperidine rings is 1. The van der Waals surface area contributed by atoms with Crippen molar-refractivity contribution in [2.75, 3.05) is 17.2 Å². The second-order valence-electron chi connectivity index (χ2n) is 11.0. The predicted octanol–water partition coefficient (Wildman–Crippen LogP) is 3.00. The monoisotopic (exact) mass is 467 g/mol. The summed E-state index contributed by atoms with van der Waals surface area (Å²) in [6, 6.07) is 7.55. The lowest BCUT2D eigenvalue weighted by molar-refractivity contribution is -0.157. The second-order valence-corrected chi connectivity index (χ2v) is 11.0. The minimum atomic E-state index is -0.446. The van der Waals surface area contributed by atoms with Crippen LogP contribution in [0.5, 0.6) is 0 Å². The minimum Gasteiger partial charge on any atom is -0.459 e.